The molecule has 2 aromatic rings. The highest BCUT2D eigenvalue weighted by molar-refractivity contribution is 5.97. The van der Waals surface area contributed by atoms with Gasteiger partial charge in [-0.15, -0.1) is 0 Å². The Labute approximate surface area is 308 Å². The van der Waals surface area contributed by atoms with E-state index < -0.39 is 84.5 Å². The first-order valence-corrected chi connectivity index (χ1v) is 17.9. The first-order valence-electron chi connectivity index (χ1n) is 17.9. The Morgan fingerprint density at radius 1 is 0.925 bits per heavy atom. The highest BCUT2D eigenvalue weighted by atomic mass is 16.3. The van der Waals surface area contributed by atoms with E-state index in [0.717, 1.165) is 16.7 Å². The molecule has 5 atom stereocenters. The number of nitrogens with zero attached hydrogens (tertiary/aromatic N) is 1. The minimum Gasteiger partial charge on any atom is -0.508 e. The van der Waals surface area contributed by atoms with Crippen LogP contribution < -0.4 is 38.1 Å². The molecule has 16 heteroatoms. The van der Waals surface area contributed by atoms with Gasteiger partial charge in [0.1, 0.15) is 29.9 Å². The van der Waals surface area contributed by atoms with E-state index >= 15 is 0 Å². The maximum Gasteiger partial charge on any atom is 0.246 e. The number of carbonyl (C=O) groups excluding carboxylic acids is 7. The molecule has 286 valence electrons. The van der Waals surface area contributed by atoms with Gasteiger partial charge in [0.05, 0.1) is 19.0 Å². The normalized spacial score (nSPS) is 22.7. The molecular formula is C37H50N8O8. The minimum absolute atomic E-state index is 0.0175. The zero-order valence-electron chi connectivity index (χ0n) is 30.1. The number of rotatable bonds is 8. The summed E-state index contributed by atoms with van der Waals surface area (Å²) in [5, 5.41) is 23.1. The Balaban J connectivity index is 1.52. The van der Waals surface area contributed by atoms with Gasteiger partial charge in [0, 0.05) is 19.5 Å². The standard InChI is InChI=1S/C37H50N8O8/c1-21-15-24(46)16-22(2)25(21)18-26(38)34(50)43-27-11-6-7-13-40-31(47)19-29(37(53)45-14-8-12-30(45)33(39)49)44-36(52)28(17-23-9-4-3-5-10-23)42-32(48)20-41-35(27)51/h3-5,9-10,15-16,26-30,46H,6-8,11-14,17-20,38H2,1-2H3,(H2,39,49)(H,40,47)(H,41,51)(H,42,48)(H,43,50)(H,44,52)/t26-,27+,28-,29+,30-/m0/s1. The molecule has 10 N–H and O–H groups in total. The zero-order valence-corrected chi connectivity index (χ0v) is 30.1. The number of phenolic OH excluding ortho intramolecular Hbond substituents is 1. The molecule has 7 amide bonds. The Hall–Kier alpha value is -5.51. The zero-order chi connectivity index (χ0) is 38.7. The summed E-state index contributed by atoms with van der Waals surface area (Å²) >= 11 is 0. The van der Waals surface area contributed by atoms with Crippen molar-refractivity contribution in [2.75, 3.05) is 19.6 Å². The van der Waals surface area contributed by atoms with Gasteiger partial charge >= 0.3 is 0 Å². The van der Waals surface area contributed by atoms with E-state index in [0.29, 0.717) is 31.2 Å². The van der Waals surface area contributed by atoms with Crippen LogP contribution in [0.1, 0.15) is 60.8 Å². The third-order valence-corrected chi connectivity index (χ3v) is 9.54. The molecule has 53 heavy (non-hydrogen) atoms. The Kier molecular flexibility index (Phi) is 14.3. The number of aromatic hydroxyl groups is 1. The van der Waals surface area contributed by atoms with Gasteiger partial charge in [-0.05, 0) is 86.8 Å². The molecule has 2 aliphatic heterocycles. The second-order valence-electron chi connectivity index (χ2n) is 13.7. The van der Waals surface area contributed by atoms with Crippen LogP contribution in [0.4, 0.5) is 0 Å². The van der Waals surface area contributed by atoms with Gasteiger partial charge in [0.2, 0.25) is 41.4 Å². The van der Waals surface area contributed by atoms with Crippen LogP contribution in [-0.2, 0) is 46.4 Å². The fraction of sp³-hybridized carbons (Fsp3) is 0.486. The fourth-order valence-electron chi connectivity index (χ4n) is 6.71. The molecule has 0 aliphatic carbocycles. The Bertz CT molecular complexity index is 1660. The monoisotopic (exact) mass is 734 g/mol. The molecule has 0 spiro atoms. The molecular weight excluding hydrogens is 684 g/mol. The van der Waals surface area contributed by atoms with Gasteiger partial charge in [-0.2, -0.15) is 0 Å². The molecule has 0 bridgehead atoms. The number of primary amides is 1. The van der Waals surface area contributed by atoms with Gasteiger partial charge in [-0.3, -0.25) is 33.6 Å². The van der Waals surface area contributed by atoms with Crippen LogP contribution >= 0.6 is 0 Å². The molecule has 0 radical (unpaired) electrons. The molecule has 0 unspecified atom stereocenters. The molecule has 0 aromatic heterocycles. The number of nitrogens with two attached hydrogens (primary N) is 2. The van der Waals surface area contributed by atoms with Crippen molar-refractivity contribution >= 4 is 41.4 Å². The summed E-state index contributed by atoms with van der Waals surface area (Å²) in [7, 11) is 0. The van der Waals surface area contributed by atoms with E-state index in [1.165, 1.54) is 4.90 Å². The molecule has 2 aromatic carbocycles. The fourth-order valence-corrected chi connectivity index (χ4v) is 6.71. The van der Waals surface area contributed by atoms with E-state index in [1.807, 2.05) is 0 Å². The number of likely N-dealkylation sites (tertiary alicyclic amines) is 1. The first kappa shape index (κ1) is 40.3. The maximum atomic E-state index is 13.8. The Morgan fingerprint density at radius 3 is 2.30 bits per heavy atom. The summed E-state index contributed by atoms with van der Waals surface area (Å²) in [5.74, 6) is -4.47. The van der Waals surface area contributed by atoms with E-state index in [4.69, 9.17) is 11.5 Å². The molecule has 4 rings (SSSR count). The number of aryl methyl sites for hydroxylation is 2. The van der Waals surface area contributed by atoms with Crippen molar-refractivity contribution in [3.8, 4) is 5.75 Å². The summed E-state index contributed by atoms with van der Waals surface area (Å²) in [4.78, 5) is 93.8. The number of nitrogens with one attached hydrogen (secondary N) is 5. The average Bonchev–Trinajstić information content (AvgIpc) is 3.61. The van der Waals surface area contributed by atoms with E-state index in [2.05, 4.69) is 26.6 Å². The SMILES string of the molecule is Cc1cc(O)cc(C)c1C[C@H](N)C(=O)N[C@@H]1CCCCNC(=O)C[C@H](C(=O)N2CCC[C@H]2C(N)=O)NC(=O)[C@H](Cc2ccccc2)NC(=O)CNC1=O. The summed E-state index contributed by atoms with van der Waals surface area (Å²) < 4.78 is 0. The smallest absolute Gasteiger partial charge is 0.246 e. The van der Waals surface area contributed by atoms with Crippen LogP contribution in [0.5, 0.6) is 5.75 Å². The first-order chi connectivity index (χ1) is 25.2. The molecule has 2 fully saturated rings. The summed E-state index contributed by atoms with van der Waals surface area (Å²) in [6.45, 7) is 3.46. The van der Waals surface area contributed by atoms with Crippen LogP contribution in [0.25, 0.3) is 0 Å². The van der Waals surface area contributed by atoms with Crippen LogP contribution in [0, 0.1) is 13.8 Å². The lowest BCUT2D eigenvalue weighted by molar-refractivity contribution is -0.142. The minimum atomic E-state index is -1.36. The van der Waals surface area contributed by atoms with Gasteiger partial charge < -0.3 is 48.1 Å². The maximum absolute atomic E-state index is 13.8. The summed E-state index contributed by atoms with van der Waals surface area (Å²) in [5.41, 5.74) is 14.8. The summed E-state index contributed by atoms with van der Waals surface area (Å²) in [6.07, 6.45) is 1.54. The topological polar surface area (TPSA) is 255 Å². The van der Waals surface area contributed by atoms with Crippen LogP contribution in [0.2, 0.25) is 0 Å². The van der Waals surface area contributed by atoms with Gasteiger partial charge in [-0.1, -0.05) is 30.3 Å². The summed E-state index contributed by atoms with van der Waals surface area (Å²) in [6, 6.07) is 6.42. The number of carbonyl (C=O) groups is 7. The van der Waals surface area contributed by atoms with Crippen molar-refractivity contribution in [2.24, 2.45) is 11.5 Å². The predicted octanol–water partition coefficient (Wildman–Crippen LogP) is -1.14. The van der Waals surface area contributed by atoms with E-state index in [9.17, 15) is 38.7 Å². The third kappa shape index (κ3) is 11.5. The van der Waals surface area contributed by atoms with Crippen LogP contribution in [-0.4, -0.2) is 101 Å². The van der Waals surface area contributed by atoms with Crippen molar-refractivity contribution < 1.29 is 38.7 Å². The lowest BCUT2D eigenvalue weighted by Crippen LogP contribution is -2.58. The number of amides is 7. The molecule has 2 aliphatic rings. The lowest BCUT2D eigenvalue weighted by Gasteiger charge is -2.29. The second-order valence-corrected chi connectivity index (χ2v) is 13.7. The quantitative estimate of drug-likeness (QED) is 0.163. The number of hydrogen-bond donors (Lipinski definition) is 8. The number of hydrogen-bond acceptors (Lipinski definition) is 9. The highest BCUT2D eigenvalue weighted by Gasteiger charge is 2.38. The van der Waals surface area contributed by atoms with Crippen molar-refractivity contribution in [1.29, 1.82) is 0 Å². The second kappa shape index (κ2) is 18.8. The van der Waals surface area contributed by atoms with E-state index in [-0.39, 0.29) is 38.1 Å². The average molecular weight is 735 g/mol. The Morgan fingerprint density at radius 2 is 1.62 bits per heavy atom. The van der Waals surface area contributed by atoms with E-state index in [1.54, 1.807) is 56.3 Å². The molecule has 2 saturated heterocycles. The molecule has 2 heterocycles. The van der Waals surface area contributed by atoms with Crippen molar-refractivity contribution in [2.45, 2.75) is 95.4 Å². The van der Waals surface area contributed by atoms with Gasteiger partial charge in [0.25, 0.3) is 0 Å². The van der Waals surface area contributed by atoms with Crippen LogP contribution in [0.3, 0.4) is 0 Å². The van der Waals surface area contributed by atoms with Crippen molar-refractivity contribution in [3.63, 3.8) is 0 Å². The number of benzene rings is 2. The van der Waals surface area contributed by atoms with Crippen molar-refractivity contribution in [3.05, 3.63) is 64.7 Å². The van der Waals surface area contributed by atoms with Gasteiger partial charge in [0.15, 0.2) is 0 Å². The van der Waals surface area contributed by atoms with Gasteiger partial charge in [-0.25, -0.2) is 0 Å². The van der Waals surface area contributed by atoms with Crippen molar-refractivity contribution in [1.82, 2.24) is 31.5 Å². The largest absolute Gasteiger partial charge is 0.508 e. The highest BCUT2D eigenvalue weighted by Crippen LogP contribution is 2.22. The lowest BCUT2D eigenvalue weighted by atomic mass is 9.95. The third-order valence-electron chi connectivity index (χ3n) is 9.54. The molecule has 16 nitrogen and oxygen atoms in total. The number of phenols is 1. The predicted molar refractivity (Wildman–Crippen MR) is 194 cm³/mol. The van der Waals surface area contributed by atoms with Crippen LogP contribution in [0.15, 0.2) is 42.5 Å². The molecule has 0 saturated carbocycles.